The molecule has 0 atom stereocenters. The number of nitrogens with zero attached hydrogens (tertiary/aromatic N) is 4. The lowest BCUT2D eigenvalue weighted by molar-refractivity contribution is 0.669. The van der Waals surface area contributed by atoms with Crippen LogP contribution in [0.2, 0.25) is 0 Å². The van der Waals surface area contributed by atoms with Crippen molar-refractivity contribution >= 4 is 75.3 Å². The van der Waals surface area contributed by atoms with Crippen LogP contribution in [-0.2, 0) is 0 Å². The summed E-state index contributed by atoms with van der Waals surface area (Å²) in [5.41, 5.74) is 7.78. The van der Waals surface area contributed by atoms with Gasteiger partial charge in [-0.15, -0.1) is 11.3 Å². The highest BCUT2D eigenvalue weighted by Crippen LogP contribution is 2.40. The van der Waals surface area contributed by atoms with Gasteiger partial charge in [0.15, 0.2) is 17.5 Å². The lowest BCUT2D eigenvalue weighted by Gasteiger charge is -2.12. The molecule has 0 N–H and O–H groups in total. The molecule has 51 heavy (non-hydrogen) atoms. The predicted molar refractivity (Wildman–Crippen MR) is 211 cm³/mol. The van der Waals surface area contributed by atoms with Crippen molar-refractivity contribution in [2.75, 3.05) is 0 Å². The molecule has 6 heteroatoms. The number of furan rings is 1. The molecule has 7 aromatic carbocycles. The highest BCUT2D eigenvalue weighted by Gasteiger charge is 2.19. The van der Waals surface area contributed by atoms with Gasteiger partial charge >= 0.3 is 0 Å². The summed E-state index contributed by atoms with van der Waals surface area (Å²) < 4.78 is 11.1. The Labute approximate surface area is 295 Å². The molecule has 4 heterocycles. The fourth-order valence-electron chi connectivity index (χ4n) is 7.57. The Hall–Kier alpha value is -6.63. The number of rotatable bonds is 4. The molecule has 0 spiro atoms. The smallest absolute Gasteiger partial charge is 0.164 e. The maximum Gasteiger partial charge on any atom is 0.164 e. The average molecular weight is 671 g/mol. The van der Waals surface area contributed by atoms with Crippen LogP contribution in [0, 0.1) is 0 Å². The van der Waals surface area contributed by atoms with Gasteiger partial charge < -0.3 is 8.98 Å². The van der Waals surface area contributed by atoms with E-state index in [0.717, 1.165) is 60.7 Å². The van der Waals surface area contributed by atoms with Gasteiger partial charge in [0.25, 0.3) is 0 Å². The van der Waals surface area contributed by atoms with Crippen LogP contribution in [0.25, 0.3) is 104 Å². The summed E-state index contributed by atoms with van der Waals surface area (Å²) in [5.74, 6) is 1.84. The SMILES string of the molecule is c1cc(-c2nc(-c3ccc4c(c3)oc3ccccc34)nc(-c3cccc4sc5ccccc5c34)n2)cc(-n2c3ccccc3c3ccccc32)c1. The van der Waals surface area contributed by atoms with Crippen molar-refractivity contribution in [3.05, 3.63) is 158 Å². The van der Waals surface area contributed by atoms with Gasteiger partial charge in [0, 0.05) is 64.1 Å². The quantitative estimate of drug-likeness (QED) is 0.187. The van der Waals surface area contributed by atoms with Crippen molar-refractivity contribution in [3.63, 3.8) is 0 Å². The second-order valence-corrected chi connectivity index (χ2v) is 13.9. The molecule has 238 valence electrons. The van der Waals surface area contributed by atoms with Gasteiger partial charge in [-0.2, -0.15) is 0 Å². The van der Waals surface area contributed by atoms with E-state index in [0.29, 0.717) is 17.5 Å². The Balaban J connectivity index is 1.15. The van der Waals surface area contributed by atoms with E-state index in [4.69, 9.17) is 19.4 Å². The number of fused-ring (bicyclic) bond motifs is 9. The van der Waals surface area contributed by atoms with Crippen LogP contribution in [0.15, 0.2) is 162 Å². The third-order valence-electron chi connectivity index (χ3n) is 9.86. The Morgan fingerprint density at radius 3 is 1.84 bits per heavy atom. The maximum absolute atomic E-state index is 6.29. The normalized spacial score (nSPS) is 11.9. The van der Waals surface area contributed by atoms with Gasteiger partial charge in [-0.25, -0.2) is 15.0 Å². The molecule has 0 fully saturated rings. The molecule has 0 aliphatic rings. The first-order valence-electron chi connectivity index (χ1n) is 16.9. The Kier molecular flexibility index (Phi) is 6.05. The molecule has 0 bridgehead atoms. The van der Waals surface area contributed by atoms with Crippen molar-refractivity contribution in [2.24, 2.45) is 0 Å². The molecule has 0 saturated carbocycles. The predicted octanol–water partition coefficient (Wildman–Crippen LogP) is 12.2. The topological polar surface area (TPSA) is 56.7 Å². The van der Waals surface area contributed by atoms with Crippen molar-refractivity contribution in [2.45, 2.75) is 0 Å². The summed E-state index contributed by atoms with van der Waals surface area (Å²) in [6.07, 6.45) is 0. The molecular formula is C45H26N4OS. The summed E-state index contributed by atoms with van der Waals surface area (Å²) in [6.45, 7) is 0. The van der Waals surface area contributed by atoms with Crippen LogP contribution in [0.3, 0.4) is 0 Å². The zero-order valence-electron chi connectivity index (χ0n) is 27.1. The van der Waals surface area contributed by atoms with E-state index in [1.165, 1.54) is 25.6 Å². The third-order valence-corrected chi connectivity index (χ3v) is 11.0. The highest BCUT2D eigenvalue weighted by molar-refractivity contribution is 7.25. The first-order valence-corrected chi connectivity index (χ1v) is 17.8. The molecule has 5 nitrogen and oxygen atoms in total. The van der Waals surface area contributed by atoms with Gasteiger partial charge in [0.2, 0.25) is 0 Å². The number of hydrogen-bond donors (Lipinski definition) is 0. The average Bonchev–Trinajstić information content (AvgIpc) is 3.87. The summed E-state index contributed by atoms with van der Waals surface area (Å²) in [6, 6.07) is 55.0. The Morgan fingerprint density at radius 2 is 1.04 bits per heavy atom. The fourth-order valence-corrected chi connectivity index (χ4v) is 8.70. The summed E-state index contributed by atoms with van der Waals surface area (Å²) in [7, 11) is 0. The second kappa shape index (κ2) is 10.9. The number of hydrogen-bond acceptors (Lipinski definition) is 5. The van der Waals surface area contributed by atoms with E-state index in [9.17, 15) is 0 Å². The van der Waals surface area contributed by atoms with Gasteiger partial charge in [-0.3, -0.25) is 0 Å². The van der Waals surface area contributed by atoms with Crippen molar-refractivity contribution in [1.29, 1.82) is 0 Å². The van der Waals surface area contributed by atoms with Crippen LogP contribution >= 0.6 is 11.3 Å². The van der Waals surface area contributed by atoms with E-state index in [-0.39, 0.29) is 0 Å². The molecule has 0 aliphatic carbocycles. The van der Waals surface area contributed by atoms with Gasteiger partial charge in [0.05, 0.1) is 11.0 Å². The van der Waals surface area contributed by atoms with Crippen molar-refractivity contribution in [3.8, 4) is 39.9 Å². The zero-order valence-corrected chi connectivity index (χ0v) is 27.9. The largest absolute Gasteiger partial charge is 0.456 e. The fraction of sp³-hybridized carbons (Fsp3) is 0. The number of thiophene rings is 1. The van der Waals surface area contributed by atoms with Crippen LogP contribution in [0.4, 0.5) is 0 Å². The van der Waals surface area contributed by atoms with E-state index >= 15 is 0 Å². The molecule has 0 radical (unpaired) electrons. The first-order chi connectivity index (χ1) is 25.3. The van der Waals surface area contributed by atoms with Crippen LogP contribution < -0.4 is 0 Å². The minimum Gasteiger partial charge on any atom is -0.456 e. The lowest BCUT2D eigenvalue weighted by Crippen LogP contribution is -2.01. The molecule has 11 aromatic rings. The molecule has 11 rings (SSSR count). The molecule has 0 saturated heterocycles. The monoisotopic (exact) mass is 670 g/mol. The van der Waals surface area contributed by atoms with Crippen molar-refractivity contribution in [1.82, 2.24) is 19.5 Å². The highest BCUT2D eigenvalue weighted by atomic mass is 32.1. The standard InChI is InChI=1S/C45H26N4OS/c1-5-18-36-30(13-1)31-14-2-6-19-37(31)49(36)29-12-9-11-27(25-29)43-46-44(28-23-24-33-32-15-3-7-20-38(32)50-39(33)26-28)48-45(47-43)35-17-10-22-41-42(35)34-16-4-8-21-40(34)51-41/h1-26H. The third kappa shape index (κ3) is 4.37. The Morgan fingerprint density at radius 1 is 0.431 bits per heavy atom. The van der Waals surface area contributed by atoms with Gasteiger partial charge in [-0.1, -0.05) is 103 Å². The summed E-state index contributed by atoms with van der Waals surface area (Å²) in [5, 5.41) is 6.97. The number of aromatic nitrogens is 4. The number of para-hydroxylation sites is 3. The molecule has 0 amide bonds. The Bertz CT molecular complexity index is 3120. The molecule has 0 aliphatic heterocycles. The van der Waals surface area contributed by atoms with Crippen LogP contribution in [0.5, 0.6) is 0 Å². The van der Waals surface area contributed by atoms with E-state index in [1.54, 1.807) is 11.3 Å². The zero-order chi connectivity index (χ0) is 33.5. The van der Waals surface area contributed by atoms with E-state index in [1.807, 2.05) is 24.3 Å². The summed E-state index contributed by atoms with van der Waals surface area (Å²) >= 11 is 1.79. The first kappa shape index (κ1) is 28.2. The maximum atomic E-state index is 6.29. The molecule has 0 unspecified atom stereocenters. The van der Waals surface area contributed by atoms with Gasteiger partial charge in [-0.05, 0) is 54.6 Å². The minimum atomic E-state index is 0.594. The van der Waals surface area contributed by atoms with Gasteiger partial charge in [0.1, 0.15) is 11.2 Å². The second-order valence-electron chi connectivity index (χ2n) is 12.8. The number of benzene rings is 7. The minimum absolute atomic E-state index is 0.594. The lowest BCUT2D eigenvalue weighted by atomic mass is 10.1. The summed E-state index contributed by atoms with van der Waals surface area (Å²) in [4.78, 5) is 15.6. The van der Waals surface area contributed by atoms with E-state index in [2.05, 4.69) is 138 Å². The van der Waals surface area contributed by atoms with Crippen molar-refractivity contribution < 1.29 is 4.42 Å². The molecular weight excluding hydrogens is 645 g/mol. The molecule has 4 aromatic heterocycles. The van der Waals surface area contributed by atoms with E-state index < -0.39 is 0 Å². The van der Waals surface area contributed by atoms with Crippen LogP contribution in [-0.4, -0.2) is 19.5 Å². The van der Waals surface area contributed by atoms with Crippen LogP contribution in [0.1, 0.15) is 0 Å².